The average molecular weight is 301 g/mol. The van der Waals surface area contributed by atoms with Crippen LogP contribution in [0.25, 0.3) is 22.6 Å². The van der Waals surface area contributed by atoms with Crippen molar-refractivity contribution in [3.05, 3.63) is 47.5 Å². The molecule has 3 nitrogen and oxygen atoms in total. The highest BCUT2D eigenvalue weighted by molar-refractivity contribution is 6.33. The summed E-state index contributed by atoms with van der Waals surface area (Å²) in [7, 11) is 0. The van der Waals surface area contributed by atoms with E-state index in [4.69, 9.17) is 16.0 Å². The largest absolute Gasteiger partial charge is 0.436 e. The van der Waals surface area contributed by atoms with E-state index < -0.39 is 0 Å². The van der Waals surface area contributed by atoms with Gasteiger partial charge in [0.25, 0.3) is 0 Å². The van der Waals surface area contributed by atoms with E-state index in [0.717, 1.165) is 35.4 Å². The zero-order valence-electron chi connectivity index (χ0n) is 12.1. The van der Waals surface area contributed by atoms with Gasteiger partial charge in [-0.15, -0.1) is 0 Å². The summed E-state index contributed by atoms with van der Waals surface area (Å²) in [6.07, 6.45) is 0. The number of benzene rings is 2. The molecule has 0 fully saturated rings. The van der Waals surface area contributed by atoms with Crippen molar-refractivity contribution in [2.45, 2.75) is 13.8 Å². The van der Waals surface area contributed by atoms with E-state index in [1.54, 1.807) is 0 Å². The van der Waals surface area contributed by atoms with Crippen molar-refractivity contribution in [1.82, 2.24) is 4.98 Å². The molecule has 0 unspecified atom stereocenters. The summed E-state index contributed by atoms with van der Waals surface area (Å²) in [5, 5.41) is 0.646. The summed E-state index contributed by atoms with van der Waals surface area (Å²) < 4.78 is 5.89. The van der Waals surface area contributed by atoms with Gasteiger partial charge in [-0.1, -0.05) is 23.7 Å². The maximum Gasteiger partial charge on any atom is 0.228 e. The van der Waals surface area contributed by atoms with Crippen LogP contribution in [0.4, 0.5) is 5.69 Å². The van der Waals surface area contributed by atoms with Crippen LogP contribution in [-0.4, -0.2) is 18.1 Å². The van der Waals surface area contributed by atoms with Crippen LogP contribution < -0.4 is 4.90 Å². The van der Waals surface area contributed by atoms with Crippen molar-refractivity contribution >= 4 is 28.4 Å². The highest BCUT2D eigenvalue weighted by atomic mass is 35.5. The molecule has 21 heavy (non-hydrogen) atoms. The molecule has 0 spiro atoms. The molecule has 0 saturated heterocycles. The van der Waals surface area contributed by atoms with E-state index in [2.05, 4.69) is 29.8 Å². The van der Waals surface area contributed by atoms with Gasteiger partial charge in [-0.2, -0.15) is 0 Å². The molecule has 1 aromatic heterocycles. The molecule has 0 aliphatic rings. The lowest BCUT2D eigenvalue weighted by atomic mass is 10.2. The smallest absolute Gasteiger partial charge is 0.228 e. The van der Waals surface area contributed by atoms with Crippen LogP contribution in [0.2, 0.25) is 5.02 Å². The molecule has 108 valence electrons. The standard InChI is InChI=1S/C17H17ClN2O/c1-3-20(4-2)12-9-10-15-16(11-12)21-17(19-15)13-7-5-6-8-14(13)18/h5-11H,3-4H2,1-2H3. The second-order valence-electron chi connectivity index (χ2n) is 4.82. The molecule has 2 aromatic carbocycles. The van der Waals surface area contributed by atoms with E-state index in [-0.39, 0.29) is 0 Å². The minimum absolute atomic E-state index is 0.562. The Hall–Kier alpha value is -2.00. The number of rotatable bonds is 4. The lowest BCUT2D eigenvalue weighted by molar-refractivity contribution is 0.619. The van der Waals surface area contributed by atoms with Gasteiger partial charge in [0, 0.05) is 24.8 Å². The monoisotopic (exact) mass is 300 g/mol. The predicted molar refractivity (Wildman–Crippen MR) is 88.0 cm³/mol. The van der Waals surface area contributed by atoms with Crippen molar-refractivity contribution in [2.24, 2.45) is 0 Å². The molecule has 0 aliphatic carbocycles. The van der Waals surface area contributed by atoms with Crippen molar-refractivity contribution in [1.29, 1.82) is 0 Å². The Morgan fingerprint density at radius 2 is 1.86 bits per heavy atom. The van der Waals surface area contributed by atoms with Crippen LogP contribution in [-0.2, 0) is 0 Å². The minimum atomic E-state index is 0.562. The highest BCUT2D eigenvalue weighted by Gasteiger charge is 2.12. The third kappa shape index (κ3) is 2.61. The van der Waals surface area contributed by atoms with Crippen LogP contribution in [0.5, 0.6) is 0 Å². The molecule has 3 aromatic rings. The van der Waals surface area contributed by atoms with Crippen molar-refractivity contribution in [3.8, 4) is 11.5 Å². The molecule has 0 saturated carbocycles. The molecule has 0 bridgehead atoms. The van der Waals surface area contributed by atoms with Crippen LogP contribution in [0.15, 0.2) is 46.9 Å². The fourth-order valence-corrected chi connectivity index (χ4v) is 2.67. The fourth-order valence-electron chi connectivity index (χ4n) is 2.45. The zero-order valence-corrected chi connectivity index (χ0v) is 12.9. The Bertz CT molecular complexity index is 762. The Labute approximate surface area is 129 Å². The molecular formula is C17H17ClN2O. The average Bonchev–Trinajstić information content (AvgIpc) is 2.92. The molecular weight excluding hydrogens is 284 g/mol. The number of hydrogen-bond donors (Lipinski definition) is 0. The van der Waals surface area contributed by atoms with Gasteiger partial charge in [-0.3, -0.25) is 0 Å². The van der Waals surface area contributed by atoms with Crippen molar-refractivity contribution in [2.75, 3.05) is 18.0 Å². The molecule has 0 aliphatic heterocycles. The number of anilines is 1. The lowest BCUT2D eigenvalue weighted by Crippen LogP contribution is -2.21. The van der Waals surface area contributed by atoms with Crippen LogP contribution in [0.3, 0.4) is 0 Å². The maximum atomic E-state index is 6.20. The summed E-state index contributed by atoms with van der Waals surface area (Å²) in [5.74, 6) is 0.562. The quantitative estimate of drug-likeness (QED) is 0.679. The van der Waals surface area contributed by atoms with Gasteiger partial charge < -0.3 is 9.32 Å². The summed E-state index contributed by atoms with van der Waals surface area (Å²) in [5.41, 5.74) is 3.60. The molecule has 3 rings (SSSR count). The first-order chi connectivity index (χ1) is 10.2. The fraction of sp³-hybridized carbons (Fsp3) is 0.235. The lowest BCUT2D eigenvalue weighted by Gasteiger charge is -2.20. The minimum Gasteiger partial charge on any atom is -0.436 e. The molecule has 1 heterocycles. The second kappa shape index (κ2) is 5.78. The molecule has 4 heteroatoms. The normalized spacial score (nSPS) is 11.0. The summed E-state index contributed by atoms with van der Waals surface area (Å²) in [6.45, 7) is 6.22. The van der Waals surface area contributed by atoms with Crippen molar-refractivity contribution in [3.63, 3.8) is 0 Å². The number of nitrogens with zero attached hydrogens (tertiary/aromatic N) is 2. The number of halogens is 1. The zero-order chi connectivity index (χ0) is 14.8. The molecule has 0 amide bonds. The van der Waals surface area contributed by atoms with Gasteiger partial charge in [0.15, 0.2) is 5.58 Å². The summed E-state index contributed by atoms with van der Waals surface area (Å²) >= 11 is 6.20. The molecule has 0 atom stereocenters. The highest BCUT2D eigenvalue weighted by Crippen LogP contribution is 2.31. The predicted octanol–water partition coefficient (Wildman–Crippen LogP) is 4.99. The van der Waals surface area contributed by atoms with E-state index >= 15 is 0 Å². The van der Waals surface area contributed by atoms with Gasteiger partial charge in [0.1, 0.15) is 5.52 Å². The molecule has 0 radical (unpaired) electrons. The third-order valence-electron chi connectivity index (χ3n) is 3.60. The summed E-state index contributed by atoms with van der Waals surface area (Å²) in [4.78, 5) is 6.80. The SMILES string of the molecule is CCN(CC)c1ccc2nc(-c3ccccc3Cl)oc2c1. The summed E-state index contributed by atoms with van der Waals surface area (Å²) in [6, 6.07) is 13.7. The van der Waals surface area contributed by atoms with E-state index in [1.165, 1.54) is 0 Å². The van der Waals surface area contributed by atoms with Gasteiger partial charge in [0.05, 0.1) is 10.6 Å². The van der Waals surface area contributed by atoms with Crippen LogP contribution >= 0.6 is 11.6 Å². The van der Waals surface area contributed by atoms with Gasteiger partial charge in [-0.25, -0.2) is 4.98 Å². The van der Waals surface area contributed by atoms with E-state index in [1.807, 2.05) is 36.4 Å². The molecule has 0 N–H and O–H groups in total. The number of oxazole rings is 1. The first-order valence-electron chi connectivity index (χ1n) is 7.13. The van der Waals surface area contributed by atoms with E-state index in [9.17, 15) is 0 Å². The number of fused-ring (bicyclic) bond motifs is 1. The van der Waals surface area contributed by atoms with Crippen molar-refractivity contribution < 1.29 is 4.42 Å². The first-order valence-corrected chi connectivity index (χ1v) is 7.51. The third-order valence-corrected chi connectivity index (χ3v) is 3.93. The van der Waals surface area contributed by atoms with E-state index in [0.29, 0.717) is 10.9 Å². The second-order valence-corrected chi connectivity index (χ2v) is 5.23. The maximum absolute atomic E-state index is 6.20. The van der Waals surface area contributed by atoms with Gasteiger partial charge >= 0.3 is 0 Å². The Balaban J connectivity index is 2.07. The van der Waals surface area contributed by atoms with Gasteiger partial charge in [0.2, 0.25) is 5.89 Å². The van der Waals surface area contributed by atoms with Crippen LogP contribution in [0.1, 0.15) is 13.8 Å². The topological polar surface area (TPSA) is 29.3 Å². The Morgan fingerprint density at radius 3 is 2.57 bits per heavy atom. The Morgan fingerprint density at radius 1 is 1.10 bits per heavy atom. The number of aromatic nitrogens is 1. The van der Waals surface area contributed by atoms with Crippen LogP contribution in [0, 0.1) is 0 Å². The number of hydrogen-bond acceptors (Lipinski definition) is 3. The van der Waals surface area contributed by atoms with Gasteiger partial charge in [-0.05, 0) is 38.1 Å². The first kappa shape index (κ1) is 14.0. The Kier molecular flexibility index (Phi) is 3.84.